The van der Waals surface area contributed by atoms with Crippen LogP contribution in [0.25, 0.3) is 11.6 Å². The molecule has 0 spiro atoms. The number of hydrogen-bond donors (Lipinski definition) is 3. The molecule has 0 bridgehead atoms. The topological polar surface area (TPSA) is 77.0 Å². The minimum Gasteiger partial charge on any atom is -0.481 e. The molecule has 1 atom stereocenters. The molecule has 0 amide bonds. The summed E-state index contributed by atoms with van der Waals surface area (Å²) < 4.78 is 29.9. The van der Waals surface area contributed by atoms with E-state index in [4.69, 9.17) is 5.11 Å². The molecule has 1 aromatic carbocycles. The molecule has 1 unspecified atom stereocenters. The van der Waals surface area contributed by atoms with E-state index in [1.54, 1.807) is 12.2 Å². The fourth-order valence-corrected chi connectivity index (χ4v) is 6.52. The zero-order valence-electron chi connectivity index (χ0n) is 20.3. The lowest BCUT2D eigenvalue weighted by atomic mass is 9.74. The van der Waals surface area contributed by atoms with Crippen molar-refractivity contribution in [3.8, 4) is 0 Å². The largest absolute Gasteiger partial charge is 0.481 e. The number of carboxylic acid groups (broad SMARTS) is 1. The molecule has 1 aromatic rings. The van der Waals surface area contributed by atoms with Crippen molar-refractivity contribution in [3.05, 3.63) is 69.6 Å². The molecule has 36 heavy (non-hydrogen) atoms. The number of hydrazone groups is 1. The second kappa shape index (κ2) is 9.00. The summed E-state index contributed by atoms with van der Waals surface area (Å²) >= 11 is 0. The molecular weight excluding hydrogens is 462 g/mol. The number of nitrogens with one attached hydrogen (secondary N) is 2. The van der Waals surface area contributed by atoms with Gasteiger partial charge in [-0.05, 0) is 67.2 Å². The van der Waals surface area contributed by atoms with Gasteiger partial charge in [0.25, 0.3) is 0 Å². The lowest BCUT2D eigenvalue weighted by Gasteiger charge is -2.38. The van der Waals surface area contributed by atoms with E-state index in [9.17, 15) is 9.18 Å². The number of fused-ring (bicyclic) bond motifs is 2. The van der Waals surface area contributed by atoms with Crippen LogP contribution >= 0.6 is 0 Å². The van der Waals surface area contributed by atoms with Gasteiger partial charge in [0, 0.05) is 61.1 Å². The average molecular weight is 493 g/mol. The van der Waals surface area contributed by atoms with Crippen molar-refractivity contribution >= 4 is 23.3 Å². The first-order valence-corrected chi connectivity index (χ1v) is 12.7. The van der Waals surface area contributed by atoms with Gasteiger partial charge in [-0.2, -0.15) is 5.10 Å². The maximum Gasteiger partial charge on any atom is 0.303 e. The van der Waals surface area contributed by atoms with Crippen LogP contribution in [-0.2, 0) is 4.79 Å². The molecular formula is C28H30F2N4O2. The van der Waals surface area contributed by atoms with Crippen molar-refractivity contribution in [1.29, 1.82) is 0 Å². The third-order valence-electron chi connectivity index (χ3n) is 8.29. The van der Waals surface area contributed by atoms with Crippen molar-refractivity contribution in [1.82, 2.24) is 15.6 Å². The van der Waals surface area contributed by atoms with E-state index in [1.807, 2.05) is 18.1 Å². The van der Waals surface area contributed by atoms with Gasteiger partial charge in [-0.15, -0.1) is 0 Å². The molecule has 0 radical (unpaired) electrons. The minimum absolute atomic E-state index is 0.261. The predicted molar refractivity (Wildman–Crippen MR) is 135 cm³/mol. The first-order chi connectivity index (χ1) is 17.4. The molecule has 188 valence electrons. The molecule has 5 aliphatic rings. The second-order valence-corrected chi connectivity index (χ2v) is 10.6. The highest BCUT2D eigenvalue weighted by Crippen LogP contribution is 2.42. The van der Waals surface area contributed by atoms with Crippen molar-refractivity contribution in [2.75, 3.05) is 20.1 Å². The van der Waals surface area contributed by atoms with Gasteiger partial charge < -0.3 is 15.3 Å². The zero-order chi connectivity index (χ0) is 25.0. The Morgan fingerprint density at radius 3 is 2.78 bits per heavy atom. The van der Waals surface area contributed by atoms with E-state index >= 15 is 4.39 Å². The van der Waals surface area contributed by atoms with Crippen LogP contribution in [0.1, 0.15) is 55.2 Å². The summed E-state index contributed by atoms with van der Waals surface area (Å²) in [6, 6.07) is 1.55. The molecule has 0 saturated heterocycles. The third-order valence-corrected chi connectivity index (χ3v) is 8.29. The summed E-state index contributed by atoms with van der Waals surface area (Å²) in [6.07, 6.45) is 12.7. The molecule has 8 heteroatoms. The van der Waals surface area contributed by atoms with Crippen molar-refractivity contribution in [2.24, 2.45) is 16.9 Å². The Hall–Kier alpha value is -3.26. The Labute approximate surface area is 209 Å². The number of carboxylic acids is 1. The van der Waals surface area contributed by atoms with Gasteiger partial charge >= 0.3 is 5.97 Å². The van der Waals surface area contributed by atoms with Crippen LogP contribution in [-0.4, -0.2) is 47.9 Å². The van der Waals surface area contributed by atoms with Crippen LogP contribution < -0.4 is 10.7 Å². The van der Waals surface area contributed by atoms with Crippen LogP contribution in [0.5, 0.6) is 0 Å². The SMILES string of the molecule is CN1C=C2C(=C(C3=CCNC([C@H]4CC[C@@H](CC(=O)O)CC4)C3)C1)NN=C1C=Cc3cc(F)c(F)c2c31. The molecule has 2 aliphatic carbocycles. The van der Waals surface area contributed by atoms with E-state index in [2.05, 4.69) is 21.9 Å². The van der Waals surface area contributed by atoms with Gasteiger partial charge in [-0.1, -0.05) is 12.2 Å². The Bertz CT molecular complexity index is 1280. The van der Waals surface area contributed by atoms with Gasteiger partial charge in [-0.3, -0.25) is 10.2 Å². The Morgan fingerprint density at radius 1 is 1.19 bits per heavy atom. The monoisotopic (exact) mass is 492 g/mol. The summed E-state index contributed by atoms with van der Waals surface area (Å²) in [5, 5.41) is 17.4. The smallest absolute Gasteiger partial charge is 0.303 e. The summed E-state index contributed by atoms with van der Waals surface area (Å²) in [5.41, 5.74) is 8.99. The van der Waals surface area contributed by atoms with Crippen LogP contribution in [0, 0.1) is 23.5 Å². The fraction of sp³-hybridized carbons (Fsp3) is 0.429. The van der Waals surface area contributed by atoms with Crippen LogP contribution in [0.4, 0.5) is 8.78 Å². The van der Waals surface area contributed by atoms with Gasteiger partial charge in [0.1, 0.15) is 0 Å². The highest BCUT2D eigenvalue weighted by atomic mass is 19.2. The summed E-state index contributed by atoms with van der Waals surface area (Å²) in [6.45, 7) is 1.39. The lowest BCUT2D eigenvalue weighted by Crippen LogP contribution is -2.42. The maximum atomic E-state index is 15.3. The van der Waals surface area contributed by atoms with Gasteiger partial charge in [-0.25, -0.2) is 8.78 Å². The van der Waals surface area contributed by atoms with E-state index in [0.29, 0.717) is 40.9 Å². The fourth-order valence-electron chi connectivity index (χ4n) is 6.52. The molecule has 3 aliphatic heterocycles. The number of allylic oxidation sites excluding steroid dienone is 2. The molecule has 6 rings (SSSR count). The lowest BCUT2D eigenvalue weighted by molar-refractivity contribution is -0.138. The molecule has 0 aromatic heterocycles. The second-order valence-electron chi connectivity index (χ2n) is 10.6. The Balaban J connectivity index is 1.31. The van der Waals surface area contributed by atoms with Crippen LogP contribution in [0.3, 0.4) is 0 Å². The molecule has 3 heterocycles. The standard InChI is InChI=1S/C28H30F2N4O2/c1-34-13-19(17-8-9-31-23(12-17)16-4-2-15(3-5-16)10-24(35)36)28-20(14-34)26-25-18(11-21(29)27(26)30)6-7-22(25)32-33-28/h6-8,11,14-16,23,31,33H,2-5,9-10,12-13H2,1H3,(H,35,36)/t15-,16+,23?. The summed E-state index contributed by atoms with van der Waals surface area (Å²) in [5.74, 6) is -1.64. The number of likely N-dealkylation sites (N-methyl/N-ethyl adjacent to an activating group) is 1. The maximum absolute atomic E-state index is 15.3. The number of aliphatic carboxylic acids is 1. The zero-order valence-corrected chi connectivity index (χ0v) is 20.3. The summed E-state index contributed by atoms with van der Waals surface area (Å²) in [7, 11) is 1.95. The van der Waals surface area contributed by atoms with E-state index < -0.39 is 17.6 Å². The Morgan fingerprint density at radius 2 is 2.00 bits per heavy atom. The molecule has 3 N–H and O–H groups in total. The first-order valence-electron chi connectivity index (χ1n) is 12.7. The number of nitrogens with zero attached hydrogens (tertiary/aromatic N) is 2. The van der Waals surface area contributed by atoms with Gasteiger partial charge in [0.15, 0.2) is 11.6 Å². The van der Waals surface area contributed by atoms with E-state index in [-0.39, 0.29) is 17.9 Å². The quantitative estimate of drug-likeness (QED) is 0.581. The van der Waals surface area contributed by atoms with Crippen LogP contribution in [0.2, 0.25) is 0 Å². The van der Waals surface area contributed by atoms with E-state index in [1.165, 1.54) is 11.6 Å². The number of halogens is 2. The normalized spacial score (nSPS) is 26.9. The Kier molecular flexibility index (Phi) is 5.79. The number of rotatable bonds is 4. The summed E-state index contributed by atoms with van der Waals surface area (Å²) in [4.78, 5) is 13.1. The molecule has 1 saturated carbocycles. The predicted octanol–water partition coefficient (Wildman–Crippen LogP) is 4.41. The number of hydrogen-bond acceptors (Lipinski definition) is 5. The highest BCUT2D eigenvalue weighted by molar-refractivity contribution is 6.20. The van der Waals surface area contributed by atoms with Crippen molar-refractivity contribution < 1.29 is 18.7 Å². The van der Waals surface area contributed by atoms with Gasteiger partial charge in [0.2, 0.25) is 0 Å². The van der Waals surface area contributed by atoms with Gasteiger partial charge in [0.05, 0.1) is 11.4 Å². The molecule has 1 fully saturated rings. The first kappa shape index (κ1) is 23.2. The van der Waals surface area contributed by atoms with E-state index in [0.717, 1.165) is 49.9 Å². The van der Waals surface area contributed by atoms with Crippen LogP contribution in [0.15, 0.2) is 46.4 Å². The van der Waals surface area contributed by atoms with Crippen molar-refractivity contribution in [3.63, 3.8) is 0 Å². The number of benzene rings is 1. The third kappa shape index (κ3) is 3.97. The number of carbonyl (C=O) groups is 1. The molecule has 6 nitrogen and oxygen atoms in total. The minimum atomic E-state index is -0.855. The highest BCUT2D eigenvalue weighted by Gasteiger charge is 2.35. The average Bonchev–Trinajstić information content (AvgIpc) is 3.17. The van der Waals surface area contributed by atoms with Crippen molar-refractivity contribution in [2.45, 2.75) is 44.6 Å².